The van der Waals surface area contributed by atoms with Crippen molar-refractivity contribution in [1.29, 1.82) is 0 Å². The highest BCUT2D eigenvalue weighted by Crippen LogP contribution is 2.45. The smallest absolute Gasteiger partial charge is 0.00262 e. The zero-order valence-electron chi connectivity index (χ0n) is 28.2. The van der Waals surface area contributed by atoms with Crippen molar-refractivity contribution in [3.63, 3.8) is 0 Å². The Labute approximate surface area is 289 Å². The quantitative estimate of drug-likeness (QED) is 0.171. The van der Waals surface area contributed by atoms with Crippen LogP contribution < -0.4 is 0 Å². The molecule has 8 aromatic rings. The summed E-state index contributed by atoms with van der Waals surface area (Å²) in [6.45, 7) is 6.61. The summed E-state index contributed by atoms with van der Waals surface area (Å²) >= 11 is 0. The maximum absolute atomic E-state index is 2.41. The fraction of sp³-hybridized carbons (Fsp3) is 0.0612. The van der Waals surface area contributed by atoms with Crippen molar-refractivity contribution in [2.45, 2.75) is 20.8 Å². The fourth-order valence-electron chi connectivity index (χ4n) is 7.32. The Morgan fingerprint density at radius 3 is 1.43 bits per heavy atom. The van der Waals surface area contributed by atoms with E-state index < -0.39 is 0 Å². The Morgan fingerprint density at radius 2 is 0.755 bits per heavy atom. The normalized spacial score (nSPS) is 11.2. The summed E-state index contributed by atoms with van der Waals surface area (Å²) in [6, 6.07) is 64.4. The van der Waals surface area contributed by atoms with Crippen LogP contribution >= 0.6 is 0 Å². The lowest BCUT2D eigenvalue weighted by atomic mass is 9.84. The Hall–Kier alpha value is -5.98. The second-order valence-electron chi connectivity index (χ2n) is 13.1. The first-order chi connectivity index (χ1) is 24.0. The molecule has 0 saturated carbocycles. The lowest BCUT2D eigenvalue weighted by Crippen LogP contribution is -1.93. The van der Waals surface area contributed by atoms with E-state index in [1.807, 2.05) is 0 Å². The Morgan fingerprint density at radius 1 is 0.286 bits per heavy atom. The van der Waals surface area contributed by atoms with E-state index in [1.165, 1.54) is 93.5 Å². The molecule has 0 fully saturated rings. The second-order valence-corrected chi connectivity index (χ2v) is 13.1. The van der Waals surface area contributed by atoms with E-state index in [0.717, 1.165) is 0 Å². The van der Waals surface area contributed by atoms with E-state index in [-0.39, 0.29) is 0 Å². The first-order valence-electron chi connectivity index (χ1n) is 17.1. The van der Waals surface area contributed by atoms with E-state index in [4.69, 9.17) is 0 Å². The molecule has 8 rings (SSSR count). The van der Waals surface area contributed by atoms with Crippen LogP contribution in [0, 0.1) is 20.8 Å². The highest BCUT2D eigenvalue weighted by molar-refractivity contribution is 6.21. The molecule has 0 radical (unpaired) electrons. The predicted octanol–water partition coefficient (Wildman–Crippen LogP) is 13.9. The number of hydrogen-bond acceptors (Lipinski definition) is 0. The van der Waals surface area contributed by atoms with Gasteiger partial charge >= 0.3 is 0 Å². The molecule has 8 aromatic carbocycles. The van der Waals surface area contributed by atoms with Crippen LogP contribution in [0.25, 0.3) is 76.8 Å². The van der Waals surface area contributed by atoms with Gasteiger partial charge in [0, 0.05) is 0 Å². The summed E-state index contributed by atoms with van der Waals surface area (Å²) in [5.41, 5.74) is 13.7. The zero-order valence-corrected chi connectivity index (χ0v) is 28.2. The summed E-state index contributed by atoms with van der Waals surface area (Å²) in [5, 5.41) is 7.59. The van der Waals surface area contributed by atoms with E-state index in [2.05, 4.69) is 197 Å². The summed E-state index contributed by atoms with van der Waals surface area (Å²) in [7, 11) is 0. The number of fused-ring (bicyclic) bond motifs is 3. The molecule has 0 aliphatic rings. The van der Waals surface area contributed by atoms with Gasteiger partial charge in [0.1, 0.15) is 0 Å². The van der Waals surface area contributed by atoms with Gasteiger partial charge in [-0.1, -0.05) is 169 Å². The number of benzene rings is 7. The van der Waals surface area contributed by atoms with Crippen LogP contribution in [0.4, 0.5) is 0 Å². The Balaban J connectivity index is 1.32. The van der Waals surface area contributed by atoms with Crippen molar-refractivity contribution in [1.82, 2.24) is 0 Å². The van der Waals surface area contributed by atoms with E-state index in [0.29, 0.717) is 0 Å². The minimum Gasteiger partial charge on any atom is -0.0623 e. The van der Waals surface area contributed by atoms with Crippen molar-refractivity contribution in [2.24, 2.45) is 0 Å². The van der Waals surface area contributed by atoms with E-state index in [9.17, 15) is 0 Å². The largest absolute Gasteiger partial charge is 0.0623 e. The van der Waals surface area contributed by atoms with Gasteiger partial charge in [0.2, 0.25) is 0 Å². The van der Waals surface area contributed by atoms with Gasteiger partial charge in [0.05, 0.1) is 0 Å². The van der Waals surface area contributed by atoms with Crippen molar-refractivity contribution < 1.29 is 0 Å². The van der Waals surface area contributed by atoms with Gasteiger partial charge in [-0.25, -0.2) is 0 Å². The summed E-state index contributed by atoms with van der Waals surface area (Å²) in [4.78, 5) is 0. The molecule has 49 heavy (non-hydrogen) atoms. The van der Waals surface area contributed by atoms with Gasteiger partial charge in [0.25, 0.3) is 0 Å². The minimum absolute atomic E-state index is 1.22. The molecule has 0 bridgehead atoms. The molecule has 0 amide bonds. The van der Waals surface area contributed by atoms with E-state index >= 15 is 0 Å². The maximum atomic E-state index is 2.41. The van der Waals surface area contributed by atoms with Crippen LogP contribution in [0.3, 0.4) is 0 Å². The number of aryl methyl sites for hydroxylation is 3. The van der Waals surface area contributed by atoms with Crippen LogP contribution in [0.1, 0.15) is 16.7 Å². The molecular formula is C49H38. The molecule has 0 atom stereocenters. The van der Waals surface area contributed by atoms with Crippen LogP contribution in [0.15, 0.2) is 176 Å². The molecule has 0 heterocycles. The Kier molecular flexibility index (Phi) is 8.00. The monoisotopic (exact) mass is 626 g/mol. The zero-order chi connectivity index (χ0) is 33.3. The van der Waals surface area contributed by atoms with Gasteiger partial charge in [-0.2, -0.15) is 0 Å². The fourth-order valence-corrected chi connectivity index (χ4v) is 7.32. The predicted molar refractivity (Wildman–Crippen MR) is 213 cm³/mol. The van der Waals surface area contributed by atoms with Gasteiger partial charge in [-0.3, -0.25) is 0 Å². The molecule has 0 N–H and O–H groups in total. The van der Waals surface area contributed by atoms with Crippen LogP contribution in [0.2, 0.25) is 0 Å². The van der Waals surface area contributed by atoms with Crippen molar-refractivity contribution in [2.75, 3.05) is 0 Å². The lowest BCUT2D eigenvalue weighted by molar-refractivity contribution is 1.40. The Bertz CT molecular complexity index is 2510. The highest BCUT2D eigenvalue weighted by atomic mass is 14.2. The molecule has 0 heteroatoms. The first kappa shape index (κ1) is 30.4. The molecule has 0 aliphatic heterocycles. The molecule has 0 aliphatic carbocycles. The van der Waals surface area contributed by atoms with Gasteiger partial charge in [0.15, 0.2) is 0 Å². The molecule has 0 unspecified atom stereocenters. The topological polar surface area (TPSA) is 0 Å². The van der Waals surface area contributed by atoms with Crippen molar-refractivity contribution in [3.05, 3.63) is 193 Å². The molecule has 0 saturated heterocycles. The summed E-state index contributed by atoms with van der Waals surface area (Å²) in [6.07, 6.45) is 0. The minimum atomic E-state index is 1.22. The molecule has 0 nitrogen and oxygen atoms in total. The average Bonchev–Trinajstić information content (AvgIpc) is 3.14. The average molecular weight is 627 g/mol. The van der Waals surface area contributed by atoms with Crippen LogP contribution in [-0.2, 0) is 0 Å². The van der Waals surface area contributed by atoms with Gasteiger partial charge < -0.3 is 0 Å². The van der Waals surface area contributed by atoms with Crippen molar-refractivity contribution in [3.8, 4) is 44.5 Å². The van der Waals surface area contributed by atoms with Gasteiger partial charge in [-0.15, -0.1) is 0 Å². The lowest BCUT2D eigenvalue weighted by Gasteiger charge is -2.19. The third kappa shape index (κ3) is 5.77. The standard InChI is InChI=1S/C49H38/c1-33-14-6-4-5-7-15-34(2)46(30-33)47-32-41(23-22-35(47)3)49-44-20-12-10-18-42(44)48(43-19-11-13-21-45(43)49)38-27-24-37(25-28-38)40-29-26-36-16-8-9-17-39(36)31-40/h4-32H,1-3H3. The molecule has 0 aromatic heterocycles. The van der Waals surface area contributed by atoms with Gasteiger partial charge in [-0.05, 0) is 121 Å². The summed E-state index contributed by atoms with van der Waals surface area (Å²) in [5.74, 6) is 0. The number of rotatable bonds is 4. The summed E-state index contributed by atoms with van der Waals surface area (Å²) < 4.78 is 0. The van der Waals surface area contributed by atoms with E-state index in [1.54, 1.807) is 0 Å². The number of hydrogen-bond donors (Lipinski definition) is 0. The molecule has 234 valence electrons. The third-order valence-corrected chi connectivity index (χ3v) is 9.84. The SMILES string of the molecule is Cc1ccccccc(C)c(-c2cc(-c3c4ccccc4c(-c4ccc(-c5ccc6ccccc6c5)cc4)c4ccccc34)ccc2C)c1. The van der Waals surface area contributed by atoms with Crippen LogP contribution in [0.5, 0.6) is 0 Å². The highest BCUT2D eigenvalue weighted by Gasteiger charge is 2.18. The second kappa shape index (κ2) is 12.9. The van der Waals surface area contributed by atoms with Crippen LogP contribution in [-0.4, -0.2) is 0 Å². The first-order valence-corrected chi connectivity index (χ1v) is 17.1. The third-order valence-electron chi connectivity index (χ3n) is 9.84. The molecular weight excluding hydrogens is 589 g/mol. The maximum Gasteiger partial charge on any atom is -0.00262 e. The molecule has 0 spiro atoms. The van der Waals surface area contributed by atoms with Crippen molar-refractivity contribution >= 4 is 32.3 Å².